The second-order valence-corrected chi connectivity index (χ2v) is 15.3. The maximum atomic E-state index is 5.59. The van der Waals surface area contributed by atoms with Gasteiger partial charge in [0.25, 0.3) is 0 Å². The minimum absolute atomic E-state index is 0.644. The molecule has 0 amide bonds. The molecule has 0 unspecified atom stereocenters. The first-order valence-corrected chi connectivity index (χ1v) is 20.1. The lowest BCUT2D eigenvalue weighted by Crippen LogP contribution is -2.09. The molecule has 0 spiro atoms. The number of aromatic nitrogens is 4. The van der Waals surface area contributed by atoms with Crippen LogP contribution in [0.2, 0.25) is 0 Å². The average Bonchev–Trinajstić information content (AvgIpc) is 3.96. The van der Waals surface area contributed by atoms with Crippen LogP contribution in [0.4, 0.5) is 17.1 Å². The summed E-state index contributed by atoms with van der Waals surface area (Å²) in [4.78, 5) is 13.3. The van der Waals surface area contributed by atoms with Gasteiger partial charge in [-0.25, -0.2) is 9.97 Å². The predicted molar refractivity (Wildman–Crippen MR) is 246 cm³/mol. The molecule has 5 heteroatoms. The summed E-state index contributed by atoms with van der Waals surface area (Å²) < 4.78 is 4.84. The number of hydrogen-bond donors (Lipinski definition) is 0. The van der Waals surface area contributed by atoms with E-state index < -0.39 is 0 Å². The summed E-state index contributed by atoms with van der Waals surface area (Å²) in [6.45, 7) is 0. The number of anilines is 3. The number of hydrogen-bond acceptors (Lipinski definition) is 3. The summed E-state index contributed by atoms with van der Waals surface area (Å²) >= 11 is 0. The molecule has 9 aromatic carbocycles. The SMILES string of the molecule is c1ccc(N(c2ccccc2)c2ccc(-c3nc(-n4c5ccccc5c5c6ccccc6c6c7cccc8c9ccccc9n(c87)c6c54)nc4ccccc34)cc2)cc1. The average molecular weight is 752 g/mol. The number of para-hydroxylation sites is 6. The molecule has 0 saturated heterocycles. The molecule has 0 atom stereocenters. The van der Waals surface area contributed by atoms with Crippen LogP contribution in [0.5, 0.6) is 0 Å². The maximum absolute atomic E-state index is 5.59. The highest BCUT2D eigenvalue weighted by atomic mass is 15.2. The zero-order valence-electron chi connectivity index (χ0n) is 31.8. The molecule has 59 heavy (non-hydrogen) atoms. The monoisotopic (exact) mass is 751 g/mol. The lowest BCUT2D eigenvalue weighted by Gasteiger charge is -2.25. The normalized spacial score (nSPS) is 12.1. The highest BCUT2D eigenvalue weighted by molar-refractivity contribution is 6.38. The van der Waals surface area contributed by atoms with E-state index in [-0.39, 0.29) is 0 Å². The molecule has 0 radical (unpaired) electrons. The van der Waals surface area contributed by atoms with Crippen molar-refractivity contribution in [2.75, 3.05) is 4.90 Å². The minimum atomic E-state index is 0.644. The number of fused-ring (bicyclic) bond motifs is 14. The van der Waals surface area contributed by atoms with E-state index in [1.165, 1.54) is 59.6 Å². The quantitative estimate of drug-likeness (QED) is 0.176. The molecule has 0 aliphatic rings. The Morgan fingerprint density at radius 1 is 0.339 bits per heavy atom. The lowest BCUT2D eigenvalue weighted by molar-refractivity contribution is 1.01. The zero-order valence-corrected chi connectivity index (χ0v) is 31.8. The molecule has 13 rings (SSSR count). The zero-order chi connectivity index (χ0) is 38.6. The van der Waals surface area contributed by atoms with Crippen molar-refractivity contribution in [2.45, 2.75) is 0 Å². The highest BCUT2D eigenvalue weighted by Crippen LogP contribution is 2.48. The summed E-state index contributed by atoms with van der Waals surface area (Å²) in [5.41, 5.74) is 11.9. The standard InChI is InChI=1S/C54H33N5/c1-3-16-35(17-4-1)57(36-18-5-2-6-19-36)37-32-30-34(31-33-37)50-42-23-9-12-27-45(42)55-54(56-50)59-47-29-14-11-24-43(47)48-39-21-7-8-22-40(39)49-44-26-15-25-41-38-20-10-13-28-46(38)58(51(41)44)52(49)53(48)59/h1-33H. The number of rotatable bonds is 5. The van der Waals surface area contributed by atoms with Gasteiger partial charge in [-0.05, 0) is 65.4 Å². The first-order chi connectivity index (χ1) is 29.3. The van der Waals surface area contributed by atoms with Gasteiger partial charge in [0, 0.05) is 60.3 Å². The molecule has 4 aromatic heterocycles. The van der Waals surface area contributed by atoms with Crippen LogP contribution >= 0.6 is 0 Å². The third-order valence-corrected chi connectivity index (χ3v) is 12.2. The molecule has 274 valence electrons. The molecular weight excluding hydrogens is 719 g/mol. The molecule has 5 nitrogen and oxygen atoms in total. The van der Waals surface area contributed by atoms with Crippen LogP contribution in [0.1, 0.15) is 0 Å². The van der Waals surface area contributed by atoms with Gasteiger partial charge in [-0.1, -0.05) is 146 Å². The van der Waals surface area contributed by atoms with Crippen molar-refractivity contribution in [3.8, 4) is 17.2 Å². The van der Waals surface area contributed by atoms with E-state index in [2.05, 4.69) is 214 Å². The van der Waals surface area contributed by atoms with Crippen LogP contribution in [0.25, 0.3) is 98.8 Å². The van der Waals surface area contributed by atoms with Crippen LogP contribution in [0.15, 0.2) is 200 Å². The van der Waals surface area contributed by atoms with Crippen molar-refractivity contribution >= 4 is 98.6 Å². The van der Waals surface area contributed by atoms with Crippen molar-refractivity contribution in [1.82, 2.24) is 18.9 Å². The van der Waals surface area contributed by atoms with E-state index >= 15 is 0 Å². The van der Waals surface area contributed by atoms with E-state index in [4.69, 9.17) is 9.97 Å². The molecule has 0 fully saturated rings. The second-order valence-electron chi connectivity index (χ2n) is 15.3. The van der Waals surface area contributed by atoms with E-state index in [1.54, 1.807) is 0 Å². The molecule has 13 aromatic rings. The van der Waals surface area contributed by atoms with Gasteiger partial charge in [0.15, 0.2) is 0 Å². The summed E-state index contributed by atoms with van der Waals surface area (Å²) in [6, 6.07) is 71.5. The van der Waals surface area contributed by atoms with Gasteiger partial charge in [0.1, 0.15) is 0 Å². The lowest BCUT2D eigenvalue weighted by atomic mass is 9.98. The third kappa shape index (κ3) is 4.50. The molecule has 0 aliphatic heterocycles. The molecular formula is C54H33N5. The molecule has 4 heterocycles. The minimum Gasteiger partial charge on any atom is -0.311 e. The van der Waals surface area contributed by atoms with Crippen LogP contribution in [0.3, 0.4) is 0 Å². The van der Waals surface area contributed by atoms with Crippen molar-refractivity contribution in [3.05, 3.63) is 200 Å². The summed E-state index contributed by atoms with van der Waals surface area (Å²) in [7, 11) is 0. The van der Waals surface area contributed by atoms with E-state index in [0.717, 1.165) is 50.3 Å². The van der Waals surface area contributed by atoms with Gasteiger partial charge in [-0.2, -0.15) is 0 Å². The maximum Gasteiger partial charge on any atom is 0.235 e. The Hall–Kier alpha value is -8.02. The van der Waals surface area contributed by atoms with Gasteiger partial charge >= 0.3 is 0 Å². The fraction of sp³-hybridized carbons (Fsp3) is 0. The van der Waals surface area contributed by atoms with Crippen LogP contribution < -0.4 is 4.90 Å². The molecule has 0 saturated carbocycles. The van der Waals surface area contributed by atoms with E-state index in [0.29, 0.717) is 5.95 Å². The smallest absolute Gasteiger partial charge is 0.235 e. The third-order valence-electron chi connectivity index (χ3n) is 12.2. The van der Waals surface area contributed by atoms with Crippen molar-refractivity contribution in [1.29, 1.82) is 0 Å². The van der Waals surface area contributed by atoms with E-state index in [1.807, 2.05) is 0 Å². The van der Waals surface area contributed by atoms with Gasteiger partial charge in [0.2, 0.25) is 5.95 Å². The van der Waals surface area contributed by atoms with Crippen LogP contribution in [-0.4, -0.2) is 18.9 Å². The molecule has 0 bridgehead atoms. The summed E-state index contributed by atoms with van der Waals surface area (Å²) in [5.74, 6) is 0.644. The van der Waals surface area contributed by atoms with Crippen LogP contribution in [-0.2, 0) is 0 Å². The van der Waals surface area contributed by atoms with Gasteiger partial charge in [-0.3, -0.25) is 4.57 Å². The first-order valence-electron chi connectivity index (χ1n) is 20.1. The fourth-order valence-electron chi connectivity index (χ4n) is 9.81. The van der Waals surface area contributed by atoms with Crippen molar-refractivity contribution < 1.29 is 0 Å². The van der Waals surface area contributed by atoms with Gasteiger partial charge in [0.05, 0.1) is 38.8 Å². The largest absolute Gasteiger partial charge is 0.311 e. The van der Waals surface area contributed by atoms with E-state index in [9.17, 15) is 0 Å². The Kier molecular flexibility index (Phi) is 6.66. The fourth-order valence-corrected chi connectivity index (χ4v) is 9.81. The highest BCUT2D eigenvalue weighted by Gasteiger charge is 2.27. The predicted octanol–water partition coefficient (Wildman–Crippen LogP) is 14.2. The Morgan fingerprint density at radius 3 is 1.58 bits per heavy atom. The Balaban J connectivity index is 1.12. The summed E-state index contributed by atoms with van der Waals surface area (Å²) in [6.07, 6.45) is 0. The first kappa shape index (κ1) is 32.1. The summed E-state index contributed by atoms with van der Waals surface area (Å²) in [5, 5.41) is 10.9. The number of nitrogens with zero attached hydrogens (tertiary/aromatic N) is 5. The van der Waals surface area contributed by atoms with Crippen molar-refractivity contribution in [2.24, 2.45) is 0 Å². The second kappa shape index (κ2) is 12.2. The topological polar surface area (TPSA) is 38.4 Å². The molecule has 0 N–H and O–H groups in total. The number of benzene rings is 9. The van der Waals surface area contributed by atoms with Gasteiger partial charge < -0.3 is 9.30 Å². The van der Waals surface area contributed by atoms with Gasteiger partial charge in [-0.15, -0.1) is 0 Å². The Labute approximate surface area is 338 Å². The Morgan fingerprint density at radius 2 is 0.864 bits per heavy atom. The van der Waals surface area contributed by atoms with Crippen molar-refractivity contribution in [3.63, 3.8) is 0 Å². The molecule has 0 aliphatic carbocycles. The Bertz CT molecular complexity index is 3730. The van der Waals surface area contributed by atoms with Crippen LogP contribution in [0, 0.1) is 0 Å².